The molecule has 1 atom stereocenters. The molecule has 3 N–H and O–H groups in total. The molecule has 0 saturated carbocycles. The second-order valence-corrected chi connectivity index (χ2v) is 4.46. The third kappa shape index (κ3) is 5.79. The van der Waals surface area contributed by atoms with Gasteiger partial charge in [0, 0.05) is 6.42 Å². The Hall–Kier alpha value is -1.27. The van der Waals surface area contributed by atoms with Gasteiger partial charge in [-0.15, -0.1) is 12.4 Å². The third-order valence-corrected chi connectivity index (χ3v) is 2.77. The zero-order valence-corrected chi connectivity index (χ0v) is 11.9. The number of benzene rings is 1. The maximum atomic E-state index is 13.5. The first-order chi connectivity index (χ1) is 8.85. The zero-order valence-electron chi connectivity index (χ0n) is 11.0. The predicted molar refractivity (Wildman–Crippen MR) is 73.7 cm³/mol. The van der Waals surface area contributed by atoms with Crippen molar-refractivity contribution in [3.05, 3.63) is 35.6 Å². The van der Waals surface area contributed by atoms with Crippen molar-refractivity contribution in [3.63, 3.8) is 0 Å². The van der Waals surface area contributed by atoms with E-state index in [4.69, 9.17) is 5.73 Å². The van der Waals surface area contributed by atoms with Crippen LogP contribution in [0.3, 0.4) is 0 Å². The van der Waals surface area contributed by atoms with E-state index in [1.165, 1.54) is 6.07 Å². The summed E-state index contributed by atoms with van der Waals surface area (Å²) in [5, 5.41) is 2.10. The fourth-order valence-corrected chi connectivity index (χ4v) is 1.64. The van der Waals surface area contributed by atoms with E-state index in [-0.39, 0.29) is 24.7 Å². The van der Waals surface area contributed by atoms with Crippen LogP contribution in [0.1, 0.15) is 24.8 Å². The van der Waals surface area contributed by atoms with Crippen molar-refractivity contribution in [1.29, 1.82) is 0 Å². The van der Waals surface area contributed by atoms with Gasteiger partial charge in [-0.1, -0.05) is 25.1 Å². The molecule has 0 aliphatic rings. The first-order valence-corrected chi connectivity index (χ1v) is 5.95. The Morgan fingerprint density at radius 3 is 2.55 bits per heavy atom. The minimum atomic E-state index is -3.11. The molecule has 1 amide bonds. The summed E-state index contributed by atoms with van der Waals surface area (Å²) in [7, 11) is 0. The van der Waals surface area contributed by atoms with Crippen molar-refractivity contribution in [2.24, 2.45) is 5.73 Å². The summed E-state index contributed by atoms with van der Waals surface area (Å²) in [6.45, 7) is 0.0432. The van der Waals surface area contributed by atoms with Gasteiger partial charge < -0.3 is 11.1 Å². The number of nitrogens with one attached hydrogen (secondary N) is 1. The molecule has 0 aromatic heterocycles. The van der Waals surface area contributed by atoms with E-state index in [0.29, 0.717) is 5.56 Å². The Balaban J connectivity index is 0.00000361. The topological polar surface area (TPSA) is 55.1 Å². The van der Waals surface area contributed by atoms with E-state index in [0.717, 1.165) is 0 Å². The van der Waals surface area contributed by atoms with Gasteiger partial charge in [-0.2, -0.15) is 0 Å². The summed E-state index contributed by atoms with van der Waals surface area (Å²) >= 11 is 0. The van der Waals surface area contributed by atoms with E-state index < -0.39 is 30.7 Å². The molecule has 0 aliphatic carbocycles. The number of carbonyl (C=O) groups is 1. The van der Waals surface area contributed by atoms with Crippen LogP contribution in [0.2, 0.25) is 0 Å². The smallest absolute Gasteiger partial charge is 0.277 e. The second kappa shape index (κ2) is 8.11. The van der Waals surface area contributed by atoms with Gasteiger partial charge in [-0.05, 0) is 17.5 Å². The van der Waals surface area contributed by atoms with Gasteiger partial charge in [0.05, 0.1) is 13.1 Å². The maximum absolute atomic E-state index is 13.5. The Morgan fingerprint density at radius 1 is 1.40 bits per heavy atom. The van der Waals surface area contributed by atoms with E-state index in [9.17, 15) is 18.0 Å². The Kier molecular flexibility index (Phi) is 7.60. The lowest BCUT2D eigenvalue weighted by molar-refractivity contribution is -0.123. The minimum absolute atomic E-state index is 0. The molecule has 1 rings (SSSR count). The highest BCUT2D eigenvalue weighted by Crippen LogP contribution is 2.21. The number of rotatable bonds is 6. The highest BCUT2D eigenvalue weighted by Gasteiger charge is 2.27. The molecular weight excluding hydrogens is 293 g/mol. The molecule has 0 saturated heterocycles. The van der Waals surface area contributed by atoms with Crippen LogP contribution in [0.15, 0.2) is 24.3 Å². The van der Waals surface area contributed by atoms with E-state index in [2.05, 4.69) is 5.32 Å². The highest BCUT2D eigenvalue weighted by molar-refractivity contribution is 5.85. The molecule has 20 heavy (non-hydrogen) atoms. The molecule has 1 aromatic carbocycles. The van der Waals surface area contributed by atoms with Crippen LogP contribution >= 0.6 is 12.4 Å². The van der Waals surface area contributed by atoms with E-state index in [1.807, 2.05) is 0 Å². The molecule has 0 fully saturated rings. The number of alkyl halides is 2. The summed E-state index contributed by atoms with van der Waals surface area (Å²) in [5.41, 5.74) is 5.25. The lowest BCUT2D eigenvalue weighted by atomic mass is 9.97. The number of hydrogen-bond acceptors (Lipinski definition) is 2. The van der Waals surface area contributed by atoms with Gasteiger partial charge in [0.2, 0.25) is 5.91 Å². The first kappa shape index (κ1) is 18.7. The van der Waals surface area contributed by atoms with Crippen molar-refractivity contribution >= 4 is 18.3 Å². The number of halogens is 4. The molecule has 0 aliphatic heterocycles. The SMILES string of the molecule is CC(CC(=O)NCC(F)(F)CN)c1ccccc1F.Cl. The highest BCUT2D eigenvalue weighted by atomic mass is 35.5. The average Bonchev–Trinajstić information content (AvgIpc) is 2.37. The molecule has 0 radical (unpaired) electrons. The maximum Gasteiger partial charge on any atom is 0.277 e. The molecule has 0 spiro atoms. The summed E-state index contributed by atoms with van der Waals surface area (Å²) in [4.78, 5) is 11.5. The predicted octanol–water partition coefficient (Wildman–Crippen LogP) is 2.45. The van der Waals surface area contributed by atoms with Gasteiger partial charge >= 0.3 is 0 Å². The lowest BCUT2D eigenvalue weighted by Gasteiger charge is -2.16. The van der Waals surface area contributed by atoms with Crippen LogP contribution in [0.4, 0.5) is 13.2 Å². The number of carbonyl (C=O) groups excluding carboxylic acids is 1. The Labute approximate surface area is 122 Å². The van der Waals surface area contributed by atoms with E-state index in [1.54, 1.807) is 25.1 Å². The van der Waals surface area contributed by atoms with Crippen LogP contribution in [0, 0.1) is 5.82 Å². The van der Waals surface area contributed by atoms with Crippen LogP contribution in [0.5, 0.6) is 0 Å². The van der Waals surface area contributed by atoms with Crippen molar-refractivity contribution in [1.82, 2.24) is 5.32 Å². The van der Waals surface area contributed by atoms with Crippen molar-refractivity contribution in [2.45, 2.75) is 25.2 Å². The van der Waals surface area contributed by atoms with Gasteiger partial charge in [0.15, 0.2) is 0 Å². The Bertz CT molecular complexity index is 443. The van der Waals surface area contributed by atoms with Crippen molar-refractivity contribution < 1.29 is 18.0 Å². The normalized spacial score (nSPS) is 12.4. The molecule has 0 bridgehead atoms. The largest absolute Gasteiger partial charge is 0.350 e. The van der Waals surface area contributed by atoms with Crippen LogP contribution in [-0.4, -0.2) is 24.9 Å². The van der Waals surface area contributed by atoms with Gasteiger partial charge in [0.25, 0.3) is 5.92 Å². The van der Waals surface area contributed by atoms with Gasteiger partial charge in [-0.3, -0.25) is 4.79 Å². The molecule has 3 nitrogen and oxygen atoms in total. The third-order valence-electron chi connectivity index (χ3n) is 2.77. The van der Waals surface area contributed by atoms with Crippen molar-refractivity contribution in [2.75, 3.05) is 13.1 Å². The monoisotopic (exact) mass is 310 g/mol. The summed E-state index contributed by atoms with van der Waals surface area (Å²) < 4.78 is 39.1. The molecular formula is C13H18ClF3N2O. The fourth-order valence-electron chi connectivity index (χ4n) is 1.64. The quantitative estimate of drug-likeness (QED) is 0.848. The number of hydrogen-bond donors (Lipinski definition) is 2. The molecule has 0 heterocycles. The summed E-state index contributed by atoms with van der Waals surface area (Å²) in [6.07, 6.45) is -0.0540. The van der Waals surface area contributed by atoms with Crippen LogP contribution in [0.25, 0.3) is 0 Å². The molecule has 1 aromatic rings. The first-order valence-electron chi connectivity index (χ1n) is 5.95. The van der Waals surface area contributed by atoms with E-state index >= 15 is 0 Å². The molecule has 7 heteroatoms. The minimum Gasteiger partial charge on any atom is -0.350 e. The number of nitrogens with two attached hydrogens (primary N) is 1. The standard InChI is InChI=1S/C13H17F3N2O.ClH/c1-9(10-4-2-3-5-11(10)14)6-12(19)18-8-13(15,16)7-17;/h2-5,9H,6-8,17H2,1H3,(H,18,19);1H. The fraction of sp³-hybridized carbons (Fsp3) is 0.462. The summed E-state index contributed by atoms with van der Waals surface area (Å²) in [5.74, 6) is -4.46. The molecule has 1 unspecified atom stereocenters. The number of amides is 1. The summed E-state index contributed by atoms with van der Waals surface area (Å²) in [6, 6.07) is 6.08. The van der Waals surface area contributed by atoms with Crippen LogP contribution < -0.4 is 11.1 Å². The lowest BCUT2D eigenvalue weighted by Crippen LogP contribution is -2.41. The zero-order chi connectivity index (χ0) is 14.5. The second-order valence-electron chi connectivity index (χ2n) is 4.46. The van der Waals surface area contributed by atoms with Crippen LogP contribution in [-0.2, 0) is 4.79 Å². The average molecular weight is 311 g/mol. The van der Waals surface area contributed by atoms with Gasteiger partial charge in [0.1, 0.15) is 5.82 Å². The van der Waals surface area contributed by atoms with Crippen molar-refractivity contribution in [3.8, 4) is 0 Å². The molecule has 114 valence electrons. The Morgan fingerprint density at radius 2 is 2.00 bits per heavy atom. The van der Waals surface area contributed by atoms with Gasteiger partial charge in [-0.25, -0.2) is 13.2 Å².